The number of aryl methyl sites for hydroxylation is 1. The second kappa shape index (κ2) is 6.04. The lowest BCUT2D eigenvalue weighted by Crippen LogP contribution is -2.20. The molecule has 3 N–H and O–H groups in total. The smallest absolute Gasteiger partial charge is 0.323 e. The van der Waals surface area contributed by atoms with Gasteiger partial charge in [0.05, 0.1) is 5.52 Å². The first-order chi connectivity index (χ1) is 11.5. The summed E-state index contributed by atoms with van der Waals surface area (Å²) >= 11 is 0. The van der Waals surface area contributed by atoms with Gasteiger partial charge in [0, 0.05) is 16.8 Å². The number of anilines is 1. The average molecular weight is 319 g/mol. The molecule has 0 unspecified atom stereocenters. The van der Waals surface area contributed by atoms with Crippen LogP contribution in [0, 0.1) is 6.92 Å². The number of carbonyl (C=O) groups excluding carboxylic acids is 2. The fraction of sp³-hybridized carbons (Fsp3) is 0.0526. The molecule has 0 aliphatic rings. The highest BCUT2D eigenvalue weighted by Gasteiger charge is 2.13. The SMILES string of the molecule is C=CC(=O)Nc1cccc(-c2cccc3c2cc(C)n3C(N)=O)c1. The number of carbonyl (C=O) groups is 2. The van der Waals surface area contributed by atoms with Gasteiger partial charge in [0.2, 0.25) is 5.91 Å². The Morgan fingerprint density at radius 2 is 1.92 bits per heavy atom. The Bertz CT molecular complexity index is 970. The van der Waals surface area contributed by atoms with Crippen molar-refractivity contribution in [3.8, 4) is 11.1 Å². The van der Waals surface area contributed by atoms with E-state index in [0.717, 1.165) is 27.7 Å². The third-order valence-corrected chi connectivity index (χ3v) is 3.88. The number of aromatic nitrogens is 1. The molecule has 0 spiro atoms. The maximum atomic E-state index is 11.7. The van der Waals surface area contributed by atoms with E-state index in [1.165, 1.54) is 10.6 Å². The zero-order valence-electron chi connectivity index (χ0n) is 13.2. The number of nitrogens with zero attached hydrogens (tertiary/aromatic N) is 1. The van der Waals surface area contributed by atoms with E-state index in [4.69, 9.17) is 5.73 Å². The van der Waals surface area contributed by atoms with E-state index in [9.17, 15) is 9.59 Å². The second-order valence-corrected chi connectivity index (χ2v) is 5.47. The Hall–Kier alpha value is -3.34. The fourth-order valence-corrected chi connectivity index (χ4v) is 2.87. The molecule has 0 fully saturated rings. The van der Waals surface area contributed by atoms with Gasteiger partial charge in [-0.3, -0.25) is 9.36 Å². The van der Waals surface area contributed by atoms with Crippen molar-refractivity contribution in [1.82, 2.24) is 4.57 Å². The van der Waals surface area contributed by atoms with Crippen LogP contribution >= 0.6 is 0 Å². The largest absolute Gasteiger partial charge is 0.351 e. The van der Waals surface area contributed by atoms with E-state index in [2.05, 4.69) is 11.9 Å². The molecule has 0 bridgehead atoms. The zero-order chi connectivity index (χ0) is 17.3. The maximum Gasteiger partial charge on any atom is 0.323 e. The molecule has 0 saturated heterocycles. The lowest BCUT2D eigenvalue weighted by atomic mass is 10.0. The van der Waals surface area contributed by atoms with Gasteiger partial charge in [-0.1, -0.05) is 30.8 Å². The van der Waals surface area contributed by atoms with Crippen molar-refractivity contribution in [2.75, 3.05) is 5.32 Å². The monoisotopic (exact) mass is 319 g/mol. The molecule has 3 rings (SSSR count). The van der Waals surface area contributed by atoms with Crippen LogP contribution in [0.5, 0.6) is 0 Å². The van der Waals surface area contributed by atoms with Crippen LogP contribution in [0.2, 0.25) is 0 Å². The highest BCUT2D eigenvalue weighted by atomic mass is 16.2. The lowest BCUT2D eigenvalue weighted by Gasteiger charge is -2.08. The molecule has 0 atom stereocenters. The lowest BCUT2D eigenvalue weighted by molar-refractivity contribution is -0.111. The molecule has 120 valence electrons. The third-order valence-electron chi connectivity index (χ3n) is 3.88. The molecular formula is C19H17N3O2. The van der Waals surface area contributed by atoms with Crippen LogP contribution in [0.15, 0.2) is 61.2 Å². The molecule has 0 saturated carbocycles. The van der Waals surface area contributed by atoms with Crippen LogP contribution < -0.4 is 11.1 Å². The summed E-state index contributed by atoms with van der Waals surface area (Å²) in [7, 11) is 0. The molecule has 0 radical (unpaired) electrons. The predicted octanol–water partition coefficient (Wildman–Crippen LogP) is 3.67. The van der Waals surface area contributed by atoms with Crippen LogP contribution in [-0.2, 0) is 4.79 Å². The first kappa shape index (κ1) is 15.6. The first-order valence-electron chi connectivity index (χ1n) is 7.46. The topological polar surface area (TPSA) is 77.1 Å². The van der Waals surface area contributed by atoms with E-state index in [0.29, 0.717) is 5.69 Å². The number of amides is 2. The highest BCUT2D eigenvalue weighted by molar-refractivity contribution is 6.02. The highest BCUT2D eigenvalue weighted by Crippen LogP contribution is 2.32. The summed E-state index contributed by atoms with van der Waals surface area (Å²) in [4.78, 5) is 23.2. The Balaban J connectivity index is 2.15. The van der Waals surface area contributed by atoms with Crippen molar-refractivity contribution >= 4 is 28.5 Å². The van der Waals surface area contributed by atoms with E-state index in [1.54, 1.807) is 0 Å². The van der Waals surface area contributed by atoms with Gasteiger partial charge >= 0.3 is 6.03 Å². The Morgan fingerprint density at radius 1 is 1.17 bits per heavy atom. The second-order valence-electron chi connectivity index (χ2n) is 5.47. The number of nitrogens with two attached hydrogens (primary N) is 1. The number of hydrogen-bond acceptors (Lipinski definition) is 2. The average Bonchev–Trinajstić information content (AvgIpc) is 2.90. The summed E-state index contributed by atoms with van der Waals surface area (Å²) in [6.45, 7) is 5.29. The summed E-state index contributed by atoms with van der Waals surface area (Å²) in [6, 6.07) is 14.7. The molecule has 2 amide bonds. The standard InChI is InChI=1S/C19H17N3O2/c1-3-18(23)21-14-7-4-6-13(11-14)15-8-5-9-17-16(15)10-12(2)22(17)19(20)24/h3-11H,1H2,2H3,(H2,20,24)(H,21,23). The minimum atomic E-state index is -0.508. The van der Waals surface area contributed by atoms with E-state index < -0.39 is 6.03 Å². The summed E-state index contributed by atoms with van der Waals surface area (Å²) in [5.41, 5.74) is 9.59. The Kier molecular flexibility index (Phi) is 3.92. The summed E-state index contributed by atoms with van der Waals surface area (Å²) in [5.74, 6) is -0.263. The zero-order valence-corrected chi connectivity index (χ0v) is 13.2. The molecule has 3 aromatic rings. The number of fused-ring (bicyclic) bond motifs is 1. The van der Waals surface area contributed by atoms with E-state index in [1.807, 2.05) is 55.5 Å². The molecule has 0 aliphatic carbocycles. The van der Waals surface area contributed by atoms with Gasteiger partial charge in [-0.2, -0.15) is 0 Å². The van der Waals surface area contributed by atoms with E-state index >= 15 is 0 Å². The molecule has 5 nitrogen and oxygen atoms in total. The van der Waals surface area contributed by atoms with Crippen LogP contribution in [0.3, 0.4) is 0 Å². The molecule has 24 heavy (non-hydrogen) atoms. The molecular weight excluding hydrogens is 302 g/mol. The van der Waals surface area contributed by atoms with E-state index in [-0.39, 0.29) is 5.91 Å². The molecule has 1 aromatic heterocycles. The van der Waals surface area contributed by atoms with Gasteiger partial charge in [0.25, 0.3) is 0 Å². The van der Waals surface area contributed by atoms with Gasteiger partial charge in [-0.15, -0.1) is 0 Å². The maximum absolute atomic E-state index is 11.7. The van der Waals surface area contributed by atoms with Crippen molar-refractivity contribution in [3.63, 3.8) is 0 Å². The first-order valence-corrected chi connectivity index (χ1v) is 7.46. The molecule has 1 heterocycles. The van der Waals surface area contributed by atoms with Crippen molar-refractivity contribution in [3.05, 3.63) is 66.9 Å². The van der Waals surface area contributed by atoms with Gasteiger partial charge in [0.15, 0.2) is 0 Å². The van der Waals surface area contributed by atoms with Crippen molar-refractivity contribution in [2.24, 2.45) is 5.73 Å². The molecule has 2 aromatic carbocycles. The van der Waals surface area contributed by atoms with Crippen LogP contribution in [0.25, 0.3) is 22.0 Å². The Morgan fingerprint density at radius 3 is 2.62 bits per heavy atom. The van der Waals surface area contributed by atoms with Crippen LogP contribution in [0.4, 0.5) is 10.5 Å². The van der Waals surface area contributed by atoms with Gasteiger partial charge in [-0.05, 0) is 48.4 Å². The van der Waals surface area contributed by atoms with Gasteiger partial charge in [0.1, 0.15) is 0 Å². The summed E-state index contributed by atoms with van der Waals surface area (Å²) in [6.07, 6.45) is 1.23. The fourth-order valence-electron chi connectivity index (χ4n) is 2.87. The number of hydrogen-bond donors (Lipinski definition) is 2. The predicted molar refractivity (Wildman–Crippen MR) is 95.9 cm³/mol. The van der Waals surface area contributed by atoms with Gasteiger partial charge in [-0.25, -0.2) is 4.79 Å². The van der Waals surface area contributed by atoms with Gasteiger partial charge < -0.3 is 11.1 Å². The van der Waals surface area contributed by atoms with Crippen LogP contribution in [-0.4, -0.2) is 16.5 Å². The number of nitrogens with one attached hydrogen (secondary N) is 1. The number of primary amides is 1. The van der Waals surface area contributed by atoms with Crippen LogP contribution in [0.1, 0.15) is 5.69 Å². The molecule has 0 aliphatic heterocycles. The van der Waals surface area contributed by atoms with Crippen molar-refractivity contribution in [2.45, 2.75) is 6.92 Å². The summed E-state index contributed by atoms with van der Waals surface area (Å²) < 4.78 is 1.49. The Labute approximate surface area is 139 Å². The molecule has 5 heteroatoms. The minimum Gasteiger partial charge on any atom is -0.351 e. The number of rotatable bonds is 3. The quantitative estimate of drug-likeness (QED) is 0.723. The minimum absolute atomic E-state index is 0.263. The number of benzene rings is 2. The summed E-state index contributed by atoms with van der Waals surface area (Å²) in [5, 5.41) is 3.68. The third kappa shape index (κ3) is 2.67. The van der Waals surface area contributed by atoms with Crippen molar-refractivity contribution < 1.29 is 9.59 Å². The van der Waals surface area contributed by atoms with Crippen molar-refractivity contribution in [1.29, 1.82) is 0 Å². The normalized spacial score (nSPS) is 10.5.